The topological polar surface area (TPSA) is 96.5 Å². The number of amides is 1. The summed E-state index contributed by atoms with van der Waals surface area (Å²) >= 11 is 0. The Bertz CT molecular complexity index is 469. The van der Waals surface area contributed by atoms with Gasteiger partial charge in [0, 0.05) is 30.8 Å². The summed E-state index contributed by atoms with van der Waals surface area (Å²) in [6.45, 7) is 4.94. The minimum absolute atomic E-state index is 0.0886. The standard InChI is InChI=1S/C14H23N3O4/c1-8-11(9(2)17-16-8)4-13(18)15-5-10-6-21-7-12(20-3)14(10)19/h10,12,14,19H,4-7H2,1-3H3,(H,15,18)(H,16,17)/t10-,12-,14+/m1/s1. The smallest absolute Gasteiger partial charge is 0.224 e. The molecule has 1 amide bonds. The Balaban J connectivity index is 1.84. The van der Waals surface area contributed by atoms with Gasteiger partial charge in [0.25, 0.3) is 0 Å². The summed E-state index contributed by atoms with van der Waals surface area (Å²) in [5.74, 6) is -0.242. The number of ether oxygens (including phenoxy) is 2. The normalized spacial score (nSPS) is 25.8. The van der Waals surface area contributed by atoms with Gasteiger partial charge in [-0.05, 0) is 13.8 Å². The Kier molecular flexibility index (Phi) is 5.33. The highest BCUT2D eigenvalue weighted by atomic mass is 16.5. The molecule has 1 saturated heterocycles. The maximum atomic E-state index is 12.0. The Labute approximate surface area is 124 Å². The van der Waals surface area contributed by atoms with E-state index >= 15 is 0 Å². The lowest BCUT2D eigenvalue weighted by Crippen LogP contribution is -2.49. The van der Waals surface area contributed by atoms with E-state index in [1.54, 1.807) is 7.11 Å². The third kappa shape index (κ3) is 3.81. The monoisotopic (exact) mass is 297 g/mol. The lowest BCUT2D eigenvalue weighted by Gasteiger charge is -2.33. The predicted molar refractivity (Wildman–Crippen MR) is 75.9 cm³/mol. The second-order valence-electron chi connectivity index (χ2n) is 5.46. The zero-order valence-electron chi connectivity index (χ0n) is 12.7. The molecule has 0 bridgehead atoms. The van der Waals surface area contributed by atoms with E-state index in [9.17, 15) is 9.90 Å². The molecule has 1 aromatic rings. The minimum Gasteiger partial charge on any atom is -0.390 e. The van der Waals surface area contributed by atoms with Gasteiger partial charge in [0.15, 0.2) is 0 Å². The van der Waals surface area contributed by atoms with Crippen molar-refractivity contribution < 1.29 is 19.4 Å². The van der Waals surface area contributed by atoms with Gasteiger partial charge >= 0.3 is 0 Å². The molecular formula is C14H23N3O4. The van der Waals surface area contributed by atoms with Crippen LogP contribution in [0.5, 0.6) is 0 Å². The second-order valence-corrected chi connectivity index (χ2v) is 5.46. The largest absolute Gasteiger partial charge is 0.390 e. The number of H-pyrrole nitrogens is 1. The number of carbonyl (C=O) groups excluding carboxylic acids is 1. The molecule has 0 unspecified atom stereocenters. The molecule has 118 valence electrons. The highest BCUT2D eigenvalue weighted by Gasteiger charge is 2.32. The van der Waals surface area contributed by atoms with E-state index in [0.29, 0.717) is 19.8 Å². The van der Waals surface area contributed by atoms with Crippen LogP contribution >= 0.6 is 0 Å². The van der Waals surface area contributed by atoms with Gasteiger partial charge in [-0.1, -0.05) is 0 Å². The summed E-state index contributed by atoms with van der Waals surface area (Å²) in [6, 6.07) is 0. The number of nitrogens with zero attached hydrogens (tertiary/aromatic N) is 1. The number of hydrogen-bond acceptors (Lipinski definition) is 5. The third-order valence-electron chi connectivity index (χ3n) is 3.96. The van der Waals surface area contributed by atoms with Crippen molar-refractivity contribution in [1.82, 2.24) is 15.5 Å². The number of hydrogen-bond donors (Lipinski definition) is 3. The van der Waals surface area contributed by atoms with Crippen molar-refractivity contribution in [3.8, 4) is 0 Å². The number of aromatic nitrogens is 2. The van der Waals surface area contributed by atoms with E-state index in [-0.39, 0.29) is 24.3 Å². The summed E-state index contributed by atoms with van der Waals surface area (Å²) in [7, 11) is 1.54. The first kappa shape index (κ1) is 15.9. The Morgan fingerprint density at radius 1 is 1.52 bits per heavy atom. The molecule has 0 aromatic carbocycles. The van der Waals surface area contributed by atoms with E-state index in [1.807, 2.05) is 13.8 Å². The molecule has 3 atom stereocenters. The molecule has 2 rings (SSSR count). The van der Waals surface area contributed by atoms with Crippen molar-refractivity contribution >= 4 is 5.91 Å². The van der Waals surface area contributed by atoms with Gasteiger partial charge in [0.2, 0.25) is 5.91 Å². The molecule has 1 aliphatic heterocycles. The van der Waals surface area contributed by atoms with Crippen molar-refractivity contribution in [3.63, 3.8) is 0 Å². The van der Waals surface area contributed by atoms with Crippen LogP contribution in [0, 0.1) is 19.8 Å². The fourth-order valence-corrected chi connectivity index (χ4v) is 2.53. The van der Waals surface area contributed by atoms with E-state index in [4.69, 9.17) is 9.47 Å². The zero-order valence-corrected chi connectivity index (χ0v) is 12.7. The molecule has 21 heavy (non-hydrogen) atoms. The quantitative estimate of drug-likeness (QED) is 0.694. The highest BCUT2D eigenvalue weighted by Crippen LogP contribution is 2.17. The lowest BCUT2D eigenvalue weighted by atomic mass is 9.96. The molecule has 1 fully saturated rings. The summed E-state index contributed by atoms with van der Waals surface area (Å²) in [6.07, 6.45) is -0.675. The number of aliphatic hydroxyl groups excluding tert-OH is 1. The van der Waals surface area contributed by atoms with Crippen molar-refractivity contribution in [1.29, 1.82) is 0 Å². The van der Waals surface area contributed by atoms with Crippen molar-refractivity contribution in [2.75, 3.05) is 26.9 Å². The van der Waals surface area contributed by atoms with Crippen LogP contribution in [0.15, 0.2) is 0 Å². The number of aliphatic hydroxyl groups is 1. The van der Waals surface area contributed by atoms with E-state index in [1.165, 1.54) is 0 Å². The van der Waals surface area contributed by atoms with Crippen LogP contribution in [0.3, 0.4) is 0 Å². The van der Waals surface area contributed by atoms with Gasteiger partial charge in [0.05, 0.1) is 31.4 Å². The van der Waals surface area contributed by atoms with Gasteiger partial charge in [-0.2, -0.15) is 5.10 Å². The number of methoxy groups -OCH3 is 1. The summed E-state index contributed by atoms with van der Waals surface area (Å²) < 4.78 is 10.5. The number of aromatic amines is 1. The Morgan fingerprint density at radius 3 is 2.90 bits per heavy atom. The van der Waals surface area contributed by atoms with E-state index < -0.39 is 6.10 Å². The summed E-state index contributed by atoms with van der Waals surface area (Å²) in [5, 5.41) is 19.9. The molecule has 0 spiro atoms. The van der Waals surface area contributed by atoms with Gasteiger partial charge in [-0.25, -0.2) is 0 Å². The molecule has 7 nitrogen and oxygen atoms in total. The van der Waals surface area contributed by atoms with Gasteiger partial charge in [-0.15, -0.1) is 0 Å². The molecule has 3 N–H and O–H groups in total. The molecule has 7 heteroatoms. The zero-order chi connectivity index (χ0) is 15.4. The number of nitrogens with one attached hydrogen (secondary N) is 2. The maximum Gasteiger partial charge on any atom is 0.224 e. The van der Waals surface area contributed by atoms with Gasteiger partial charge in [0.1, 0.15) is 6.10 Å². The highest BCUT2D eigenvalue weighted by molar-refractivity contribution is 5.79. The molecule has 0 aliphatic carbocycles. The third-order valence-corrected chi connectivity index (χ3v) is 3.96. The average Bonchev–Trinajstić information content (AvgIpc) is 2.78. The van der Waals surface area contributed by atoms with Crippen molar-refractivity contribution in [2.24, 2.45) is 5.92 Å². The van der Waals surface area contributed by atoms with Crippen molar-refractivity contribution in [3.05, 3.63) is 17.0 Å². The van der Waals surface area contributed by atoms with Gasteiger partial charge in [-0.3, -0.25) is 9.89 Å². The lowest BCUT2D eigenvalue weighted by molar-refractivity contribution is -0.136. The van der Waals surface area contributed by atoms with Crippen LogP contribution in [0.1, 0.15) is 17.0 Å². The molecule has 2 heterocycles. The first-order valence-electron chi connectivity index (χ1n) is 7.08. The van der Waals surface area contributed by atoms with Crippen molar-refractivity contribution in [2.45, 2.75) is 32.5 Å². The fraction of sp³-hybridized carbons (Fsp3) is 0.714. The molecule has 0 radical (unpaired) electrons. The molecular weight excluding hydrogens is 274 g/mol. The van der Waals surface area contributed by atoms with Crippen LogP contribution in [-0.4, -0.2) is 60.3 Å². The van der Waals surface area contributed by atoms with E-state index in [0.717, 1.165) is 17.0 Å². The first-order chi connectivity index (χ1) is 10.0. The Morgan fingerprint density at radius 2 is 2.29 bits per heavy atom. The van der Waals surface area contributed by atoms with Crippen LogP contribution in [0.4, 0.5) is 0 Å². The molecule has 0 saturated carbocycles. The Hall–Kier alpha value is -1.44. The maximum absolute atomic E-state index is 12.0. The molecule has 1 aliphatic rings. The summed E-state index contributed by atoms with van der Waals surface area (Å²) in [5.41, 5.74) is 2.66. The van der Waals surface area contributed by atoms with Crippen LogP contribution in [0.2, 0.25) is 0 Å². The van der Waals surface area contributed by atoms with Crippen LogP contribution in [-0.2, 0) is 20.7 Å². The minimum atomic E-state index is -0.624. The van der Waals surface area contributed by atoms with Gasteiger partial charge < -0.3 is 19.9 Å². The number of rotatable bonds is 5. The first-order valence-corrected chi connectivity index (χ1v) is 7.08. The number of aryl methyl sites for hydroxylation is 2. The van der Waals surface area contributed by atoms with E-state index in [2.05, 4.69) is 15.5 Å². The molecule has 1 aromatic heterocycles. The SMILES string of the molecule is CO[C@@H]1COC[C@@H](CNC(=O)Cc2c(C)n[nH]c2C)[C@@H]1O. The summed E-state index contributed by atoms with van der Waals surface area (Å²) in [4.78, 5) is 12.0. The fourth-order valence-electron chi connectivity index (χ4n) is 2.53. The second kappa shape index (κ2) is 7.02. The van der Waals surface area contributed by atoms with Crippen LogP contribution in [0.25, 0.3) is 0 Å². The number of carbonyl (C=O) groups is 1. The van der Waals surface area contributed by atoms with Crippen LogP contribution < -0.4 is 5.32 Å². The predicted octanol–water partition coefficient (Wildman–Crippen LogP) is -0.292. The average molecular weight is 297 g/mol.